The van der Waals surface area contributed by atoms with Crippen LogP contribution in [0.15, 0.2) is 42.5 Å². The third-order valence-electron chi connectivity index (χ3n) is 3.57. The summed E-state index contributed by atoms with van der Waals surface area (Å²) in [4.78, 5) is 0. The SMILES string of the molecule is CCOc1ccc(NC(=S)NCCc2ccc(OC(F)F)c(OC)c2)cc1. The normalized spacial score (nSPS) is 10.4. The van der Waals surface area contributed by atoms with Crippen LogP contribution in [-0.2, 0) is 6.42 Å². The van der Waals surface area contributed by atoms with Gasteiger partial charge in [-0.25, -0.2) is 0 Å². The summed E-state index contributed by atoms with van der Waals surface area (Å²) in [5.41, 5.74) is 1.76. The van der Waals surface area contributed by atoms with Gasteiger partial charge in [-0.2, -0.15) is 8.78 Å². The number of alkyl halides is 2. The van der Waals surface area contributed by atoms with Gasteiger partial charge in [0.2, 0.25) is 0 Å². The van der Waals surface area contributed by atoms with E-state index in [4.69, 9.17) is 21.7 Å². The number of benzene rings is 2. The van der Waals surface area contributed by atoms with Gasteiger partial charge >= 0.3 is 6.61 Å². The number of hydrogen-bond acceptors (Lipinski definition) is 4. The molecular formula is C19H22F2N2O3S. The fraction of sp³-hybridized carbons (Fsp3) is 0.316. The Kier molecular flexibility index (Phi) is 8.06. The first-order chi connectivity index (χ1) is 13.0. The van der Waals surface area contributed by atoms with Gasteiger partial charge in [-0.15, -0.1) is 0 Å². The molecule has 0 spiro atoms. The summed E-state index contributed by atoms with van der Waals surface area (Å²) in [7, 11) is 1.41. The van der Waals surface area contributed by atoms with E-state index in [1.54, 1.807) is 12.1 Å². The highest BCUT2D eigenvalue weighted by atomic mass is 32.1. The predicted octanol–water partition coefficient (Wildman–Crippen LogP) is 4.22. The van der Waals surface area contributed by atoms with E-state index in [9.17, 15) is 8.78 Å². The molecule has 0 aliphatic carbocycles. The van der Waals surface area contributed by atoms with Crippen LogP contribution in [0.1, 0.15) is 12.5 Å². The topological polar surface area (TPSA) is 51.8 Å². The molecule has 0 aliphatic heterocycles. The zero-order valence-corrected chi connectivity index (χ0v) is 15.9. The molecule has 2 aromatic carbocycles. The van der Waals surface area contributed by atoms with Crippen LogP contribution in [0.3, 0.4) is 0 Å². The number of thiocarbonyl (C=S) groups is 1. The van der Waals surface area contributed by atoms with E-state index in [0.29, 0.717) is 24.7 Å². The lowest BCUT2D eigenvalue weighted by molar-refractivity contribution is -0.0512. The van der Waals surface area contributed by atoms with Crippen molar-refractivity contribution in [1.29, 1.82) is 0 Å². The molecule has 0 radical (unpaired) electrons. The summed E-state index contributed by atoms with van der Waals surface area (Å²) in [6, 6.07) is 12.3. The van der Waals surface area contributed by atoms with Crippen LogP contribution in [0, 0.1) is 0 Å². The Bertz CT molecular complexity index is 742. The van der Waals surface area contributed by atoms with E-state index in [1.807, 2.05) is 31.2 Å². The Morgan fingerprint density at radius 1 is 1.11 bits per heavy atom. The second-order valence-corrected chi connectivity index (χ2v) is 5.86. The number of nitrogens with one attached hydrogen (secondary N) is 2. The standard InChI is InChI=1S/C19H22F2N2O3S/c1-3-25-15-7-5-14(6-8-15)23-19(27)22-11-10-13-4-9-16(26-18(20)21)17(12-13)24-2/h4-9,12,18H,3,10-11H2,1-2H3,(H2,22,23,27). The van der Waals surface area contributed by atoms with E-state index >= 15 is 0 Å². The number of halogens is 2. The van der Waals surface area contributed by atoms with Crippen molar-refractivity contribution in [3.05, 3.63) is 48.0 Å². The molecule has 0 heterocycles. The van der Waals surface area contributed by atoms with Gasteiger partial charge in [0, 0.05) is 12.2 Å². The smallest absolute Gasteiger partial charge is 0.387 e. The summed E-state index contributed by atoms with van der Waals surface area (Å²) < 4.78 is 39.6. The Balaban J connectivity index is 1.82. The summed E-state index contributed by atoms with van der Waals surface area (Å²) in [6.45, 7) is 0.228. The van der Waals surface area contributed by atoms with Crippen molar-refractivity contribution in [2.45, 2.75) is 20.0 Å². The zero-order valence-electron chi connectivity index (χ0n) is 15.1. The van der Waals surface area contributed by atoms with Crippen LogP contribution >= 0.6 is 12.2 Å². The van der Waals surface area contributed by atoms with E-state index in [2.05, 4.69) is 15.4 Å². The van der Waals surface area contributed by atoms with Crippen LogP contribution in [0.4, 0.5) is 14.5 Å². The summed E-state index contributed by atoms with van der Waals surface area (Å²) in [5.74, 6) is 1.08. The average Bonchev–Trinajstić information content (AvgIpc) is 2.64. The quantitative estimate of drug-likeness (QED) is 0.619. The lowest BCUT2D eigenvalue weighted by Gasteiger charge is -2.13. The zero-order chi connectivity index (χ0) is 19.6. The van der Waals surface area contributed by atoms with E-state index < -0.39 is 6.61 Å². The highest BCUT2D eigenvalue weighted by Crippen LogP contribution is 2.29. The van der Waals surface area contributed by atoms with Gasteiger partial charge in [0.25, 0.3) is 0 Å². The van der Waals surface area contributed by atoms with Crippen molar-refractivity contribution in [2.24, 2.45) is 0 Å². The second kappa shape index (κ2) is 10.5. The van der Waals surface area contributed by atoms with Gasteiger partial charge in [-0.1, -0.05) is 6.07 Å². The molecule has 146 valence electrons. The predicted molar refractivity (Wildman–Crippen MR) is 105 cm³/mol. The molecule has 0 unspecified atom stereocenters. The lowest BCUT2D eigenvalue weighted by Crippen LogP contribution is -2.30. The first-order valence-electron chi connectivity index (χ1n) is 8.41. The van der Waals surface area contributed by atoms with Gasteiger partial charge in [0.15, 0.2) is 16.6 Å². The van der Waals surface area contributed by atoms with Crippen molar-refractivity contribution in [3.63, 3.8) is 0 Å². The Morgan fingerprint density at radius 2 is 1.85 bits per heavy atom. The third-order valence-corrected chi connectivity index (χ3v) is 3.81. The van der Waals surface area contributed by atoms with Crippen LogP contribution < -0.4 is 24.8 Å². The molecule has 0 aromatic heterocycles. The Labute approximate surface area is 162 Å². The molecule has 0 saturated heterocycles. The lowest BCUT2D eigenvalue weighted by atomic mass is 10.1. The molecule has 2 N–H and O–H groups in total. The molecule has 0 atom stereocenters. The van der Waals surface area contributed by atoms with Crippen molar-refractivity contribution in [3.8, 4) is 17.2 Å². The second-order valence-electron chi connectivity index (χ2n) is 5.45. The molecule has 0 amide bonds. The minimum Gasteiger partial charge on any atom is -0.494 e. The largest absolute Gasteiger partial charge is 0.494 e. The summed E-state index contributed by atoms with van der Waals surface area (Å²) >= 11 is 5.27. The molecular weight excluding hydrogens is 374 g/mol. The maximum absolute atomic E-state index is 12.4. The van der Waals surface area contributed by atoms with Crippen molar-refractivity contribution in [2.75, 3.05) is 25.6 Å². The number of anilines is 1. The highest BCUT2D eigenvalue weighted by Gasteiger charge is 2.11. The van der Waals surface area contributed by atoms with Gasteiger partial charge in [0.05, 0.1) is 13.7 Å². The fourth-order valence-corrected chi connectivity index (χ4v) is 2.58. The first kappa shape index (κ1) is 20.7. The molecule has 2 aromatic rings. The highest BCUT2D eigenvalue weighted by molar-refractivity contribution is 7.80. The van der Waals surface area contributed by atoms with Gasteiger partial charge in [-0.3, -0.25) is 0 Å². The molecule has 27 heavy (non-hydrogen) atoms. The van der Waals surface area contributed by atoms with Crippen molar-refractivity contribution >= 4 is 23.0 Å². The van der Waals surface area contributed by atoms with Crippen LogP contribution in [-0.4, -0.2) is 32.0 Å². The van der Waals surface area contributed by atoms with Crippen LogP contribution in [0.5, 0.6) is 17.2 Å². The minimum atomic E-state index is -2.89. The number of hydrogen-bond donors (Lipinski definition) is 2. The van der Waals surface area contributed by atoms with Gasteiger partial charge < -0.3 is 24.8 Å². The van der Waals surface area contributed by atoms with Crippen molar-refractivity contribution < 1.29 is 23.0 Å². The van der Waals surface area contributed by atoms with Gasteiger partial charge in [-0.05, 0) is 67.5 Å². The van der Waals surface area contributed by atoms with Crippen LogP contribution in [0.2, 0.25) is 0 Å². The maximum Gasteiger partial charge on any atom is 0.387 e. The fourth-order valence-electron chi connectivity index (χ4n) is 2.36. The molecule has 0 bridgehead atoms. The van der Waals surface area contributed by atoms with Crippen molar-refractivity contribution in [1.82, 2.24) is 5.32 Å². The number of ether oxygens (including phenoxy) is 3. The van der Waals surface area contributed by atoms with E-state index in [0.717, 1.165) is 17.0 Å². The van der Waals surface area contributed by atoms with Crippen LogP contribution in [0.25, 0.3) is 0 Å². The molecule has 0 fully saturated rings. The van der Waals surface area contributed by atoms with Gasteiger partial charge in [0.1, 0.15) is 5.75 Å². The molecule has 0 aliphatic rings. The van der Waals surface area contributed by atoms with E-state index in [1.165, 1.54) is 13.2 Å². The Hall–Kier alpha value is -2.61. The average molecular weight is 396 g/mol. The molecule has 0 saturated carbocycles. The summed E-state index contributed by atoms with van der Waals surface area (Å²) in [5, 5.41) is 6.68. The summed E-state index contributed by atoms with van der Waals surface area (Å²) in [6.07, 6.45) is 0.635. The Morgan fingerprint density at radius 3 is 2.48 bits per heavy atom. The molecule has 5 nitrogen and oxygen atoms in total. The molecule has 8 heteroatoms. The minimum absolute atomic E-state index is 0.0110. The van der Waals surface area contributed by atoms with E-state index in [-0.39, 0.29) is 11.5 Å². The monoisotopic (exact) mass is 396 g/mol. The number of methoxy groups -OCH3 is 1. The number of rotatable bonds is 9. The first-order valence-corrected chi connectivity index (χ1v) is 8.82. The third kappa shape index (κ3) is 6.90. The molecule has 2 rings (SSSR count). The maximum atomic E-state index is 12.4.